The van der Waals surface area contributed by atoms with Crippen molar-refractivity contribution in [3.63, 3.8) is 0 Å². The summed E-state index contributed by atoms with van der Waals surface area (Å²) in [4.78, 5) is 23.4. The number of rotatable bonds is 4. The van der Waals surface area contributed by atoms with Crippen LogP contribution in [0.5, 0.6) is 0 Å². The molecule has 142 valence electrons. The van der Waals surface area contributed by atoms with E-state index < -0.39 is 11.9 Å². The van der Waals surface area contributed by atoms with Gasteiger partial charge in [0.2, 0.25) is 5.95 Å². The number of carboxylic acids is 1. The first kappa shape index (κ1) is 17.1. The Kier molecular flexibility index (Phi) is 3.80. The fraction of sp³-hybridized carbons (Fsp3) is 0.286. The number of hydrogen-bond acceptors (Lipinski definition) is 4. The molecule has 3 heterocycles. The van der Waals surface area contributed by atoms with E-state index in [-0.39, 0.29) is 6.04 Å². The summed E-state index contributed by atoms with van der Waals surface area (Å²) in [6.45, 7) is 0. The number of aromatic amines is 1. The Morgan fingerprint density at radius 2 is 2.11 bits per heavy atom. The molecule has 1 saturated carbocycles. The first-order valence-electron chi connectivity index (χ1n) is 9.37. The second kappa shape index (κ2) is 6.24. The molecule has 4 N–H and O–H groups in total. The van der Waals surface area contributed by atoms with Crippen LogP contribution in [-0.2, 0) is 12.8 Å². The Morgan fingerprint density at radius 3 is 2.82 bits per heavy atom. The van der Waals surface area contributed by atoms with Crippen LogP contribution in [0.3, 0.4) is 0 Å². The highest BCUT2D eigenvalue weighted by molar-refractivity contribution is 5.95. The molecule has 2 aliphatic rings. The first-order chi connectivity index (χ1) is 13.5. The molecule has 0 aromatic carbocycles. The molecule has 0 saturated heterocycles. The van der Waals surface area contributed by atoms with Gasteiger partial charge in [-0.05, 0) is 54.9 Å². The number of nitrogens with one attached hydrogen (secondary N) is 1. The van der Waals surface area contributed by atoms with Gasteiger partial charge < -0.3 is 15.8 Å². The van der Waals surface area contributed by atoms with Crippen molar-refractivity contribution < 1.29 is 14.3 Å². The Bertz CT molecular complexity index is 1100. The minimum atomic E-state index is -0.947. The summed E-state index contributed by atoms with van der Waals surface area (Å²) < 4.78 is 13.5. The molecule has 0 amide bonds. The van der Waals surface area contributed by atoms with Crippen LogP contribution in [0.15, 0.2) is 30.6 Å². The van der Waals surface area contributed by atoms with Gasteiger partial charge in [-0.15, -0.1) is 0 Å². The van der Waals surface area contributed by atoms with E-state index >= 15 is 0 Å². The zero-order valence-corrected chi connectivity index (χ0v) is 15.1. The quantitative estimate of drug-likeness (QED) is 0.603. The van der Waals surface area contributed by atoms with E-state index in [0.717, 1.165) is 35.2 Å². The van der Waals surface area contributed by atoms with E-state index in [1.54, 1.807) is 12.3 Å². The molecule has 6 nitrogen and oxygen atoms in total. The number of aromatic nitrogens is 3. The molecule has 1 unspecified atom stereocenters. The average molecular weight is 378 g/mol. The van der Waals surface area contributed by atoms with Gasteiger partial charge in [-0.25, -0.2) is 9.78 Å². The van der Waals surface area contributed by atoms with Crippen molar-refractivity contribution in [2.45, 2.75) is 31.7 Å². The number of carboxylic acid groups (broad SMARTS) is 1. The predicted octanol–water partition coefficient (Wildman–Crippen LogP) is 3.48. The van der Waals surface area contributed by atoms with Crippen LogP contribution in [0.1, 0.15) is 46.1 Å². The van der Waals surface area contributed by atoms with Crippen molar-refractivity contribution in [1.29, 1.82) is 0 Å². The third kappa shape index (κ3) is 2.70. The smallest absolute Gasteiger partial charge is 0.337 e. The largest absolute Gasteiger partial charge is 0.478 e. The summed E-state index contributed by atoms with van der Waals surface area (Å²) in [5.41, 5.74) is 12.1. The summed E-state index contributed by atoms with van der Waals surface area (Å²) in [7, 11) is 0. The molecule has 7 heteroatoms. The number of nitrogens with two attached hydrogens (primary N) is 1. The molecule has 2 aliphatic carbocycles. The minimum Gasteiger partial charge on any atom is -0.478 e. The number of halogens is 1. The molecule has 28 heavy (non-hydrogen) atoms. The third-order valence-corrected chi connectivity index (χ3v) is 5.73. The van der Waals surface area contributed by atoms with Gasteiger partial charge in [0.05, 0.1) is 17.0 Å². The van der Waals surface area contributed by atoms with Crippen LogP contribution in [-0.4, -0.2) is 26.0 Å². The van der Waals surface area contributed by atoms with Gasteiger partial charge in [0, 0.05) is 41.3 Å². The maximum absolute atomic E-state index is 13.5. The molecule has 5 rings (SSSR count). The third-order valence-electron chi connectivity index (χ3n) is 5.73. The molecule has 1 atom stereocenters. The second-order valence-electron chi connectivity index (χ2n) is 7.53. The molecule has 0 bridgehead atoms. The lowest BCUT2D eigenvalue weighted by Crippen LogP contribution is -2.17. The molecule has 1 fully saturated rings. The maximum atomic E-state index is 13.5. The number of aryl methyl sites for hydroxylation is 1. The summed E-state index contributed by atoms with van der Waals surface area (Å²) in [5, 5.41) is 9.84. The van der Waals surface area contributed by atoms with Gasteiger partial charge in [0.1, 0.15) is 0 Å². The fourth-order valence-corrected chi connectivity index (χ4v) is 4.12. The summed E-state index contributed by atoms with van der Waals surface area (Å²) in [5.74, 6) is -1.17. The van der Waals surface area contributed by atoms with E-state index in [9.17, 15) is 14.3 Å². The lowest BCUT2D eigenvalue weighted by molar-refractivity contribution is 0.0694. The van der Waals surface area contributed by atoms with Crippen molar-refractivity contribution in [3.05, 3.63) is 58.9 Å². The standard InChI is InChI=1S/C21H19FN4O2/c22-16-7-11(5-6-24-16)15-8-14-12(9-25-15)3-4-13-17(21(27)28)20(26-19(13)14)18(23)10-1-2-10/h5-10,18,26H,1-4,23H2,(H,27,28). The lowest BCUT2D eigenvalue weighted by atomic mass is 9.88. The van der Waals surface area contributed by atoms with Gasteiger partial charge >= 0.3 is 5.97 Å². The Balaban J connectivity index is 1.66. The highest BCUT2D eigenvalue weighted by Crippen LogP contribution is 2.44. The second-order valence-corrected chi connectivity index (χ2v) is 7.53. The normalized spacial score (nSPS) is 16.4. The SMILES string of the molecule is NC(c1[nH]c2c(c1C(=O)O)CCc1cnc(-c3ccnc(F)c3)cc1-2)C1CC1. The Labute approximate surface area is 160 Å². The monoisotopic (exact) mass is 378 g/mol. The van der Waals surface area contributed by atoms with Gasteiger partial charge in [-0.3, -0.25) is 4.98 Å². The Hall–Kier alpha value is -3.06. The van der Waals surface area contributed by atoms with Crippen LogP contribution in [0, 0.1) is 11.9 Å². The van der Waals surface area contributed by atoms with E-state index in [2.05, 4.69) is 15.0 Å². The lowest BCUT2D eigenvalue weighted by Gasteiger charge is -2.17. The van der Waals surface area contributed by atoms with Crippen molar-refractivity contribution in [2.24, 2.45) is 11.7 Å². The molecule has 3 aromatic rings. The Morgan fingerprint density at radius 1 is 1.29 bits per heavy atom. The highest BCUT2D eigenvalue weighted by Gasteiger charge is 2.36. The number of hydrogen-bond donors (Lipinski definition) is 3. The van der Waals surface area contributed by atoms with Crippen molar-refractivity contribution in [3.8, 4) is 22.5 Å². The number of nitrogens with zero attached hydrogens (tertiary/aromatic N) is 2. The van der Waals surface area contributed by atoms with Crippen LogP contribution in [0.25, 0.3) is 22.5 Å². The molecular weight excluding hydrogens is 359 g/mol. The van der Waals surface area contributed by atoms with Crippen molar-refractivity contribution >= 4 is 5.97 Å². The zero-order valence-electron chi connectivity index (χ0n) is 15.1. The summed E-state index contributed by atoms with van der Waals surface area (Å²) in [6.07, 6.45) is 6.58. The topological polar surface area (TPSA) is 105 Å². The van der Waals surface area contributed by atoms with Gasteiger partial charge in [-0.2, -0.15) is 4.39 Å². The number of H-pyrrole nitrogens is 1. The number of aromatic carboxylic acids is 1. The predicted molar refractivity (Wildman–Crippen MR) is 101 cm³/mol. The fourth-order valence-electron chi connectivity index (χ4n) is 4.12. The maximum Gasteiger partial charge on any atom is 0.337 e. The molecule has 0 spiro atoms. The van der Waals surface area contributed by atoms with Crippen LogP contribution in [0.2, 0.25) is 0 Å². The minimum absolute atomic E-state index is 0.296. The molecule has 3 aromatic heterocycles. The van der Waals surface area contributed by atoms with Crippen LogP contribution in [0.4, 0.5) is 4.39 Å². The number of pyridine rings is 2. The van der Waals surface area contributed by atoms with Crippen LogP contribution >= 0.6 is 0 Å². The number of carbonyl (C=O) groups is 1. The molecule has 0 aliphatic heterocycles. The van der Waals surface area contributed by atoms with E-state index in [1.165, 1.54) is 12.3 Å². The van der Waals surface area contributed by atoms with E-state index in [0.29, 0.717) is 41.3 Å². The molecule has 0 radical (unpaired) electrons. The number of fused-ring (bicyclic) bond motifs is 3. The van der Waals surface area contributed by atoms with Crippen LogP contribution < -0.4 is 5.73 Å². The van der Waals surface area contributed by atoms with E-state index in [4.69, 9.17) is 5.73 Å². The van der Waals surface area contributed by atoms with E-state index in [1.807, 2.05) is 6.07 Å². The first-order valence-corrected chi connectivity index (χ1v) is 9.37. The summed E-state index contributed by atoms with van der Waals surface area (Å²) in [6, 6.07) is 4.63. The van der Waals surface area contributed by atoms with Crippen molar-refractivity contribution in [1.82, 2.24) is 15.0 Å². The van der Waals surface area contributed by atoms with Gasteiger partial charge in [-0.1, -0.05) is 0 Å². The summed E-state index contributed by atoms with van der Waals surface area (Å²) >= 11 is 0. The van der Waals surface area contributed by atoms with Gasteiger partial charge in [0.15, 0.2) is 0 Å². The zero-order chi connectivity index (χ0) is 19.4. The molecular formula is C21H19FN4O2. The van der Waals surface area contributed by atoms with Crippen molar-refractivity contribution in [2.75, 3.05) is 0 Å². The average Bonchev–Trinajstić information content (AvgIpc) is 3.45. The highest BCUT2D eigenvalue weighted by atomic mass is 19.1. The van der Waals surface area contributed by atoms with Gasteiger partial charge in [0.25, 0.3) is 0 Å².